The number of carbonyl (C=O) groups excluding carboxylic acids is 1. The predicted molar refractivity (Wildman–Crippen MR) is 149 cm³/mol. The Balaban J connectivity index is 1.49. The van der Waals surface area contributed by atoms with Crippen LogP contribution in [0.25, 0.3) is 22.0 Å². The Morgan fingerprint density at radius 1 is 1.24 bits per heavy atom. The van der Waals surface area contributed by atoms with Crippen molar-refractivity contribution in [2.24, 2.45) is 5.92 Å². The lowest BCUT2D eigenvalue weighted by atomic mass is 9.95. The molecule has 1 amide bonds. The zero-order chi connectivity index (χ0) is 25.9. The SMILES string of the molecule is C=CC(=O)NCCNc1nc(OC[C@@H]2CCCN2C)nc2cc(-c3cccc4c3CC(C)C4)c(Cl)cc12. The number of hydrogen-bond acceptors (Lipinski definition) is 6. The smallest absolute Gasteiger partial charge is 0.318 e. The third-order valence-electron chi connectivity index (χ3n) is 7.43. The Morgan fingerprint density at radius 2 is 2.11 bits per heavy atom. The molecule has 2 heterocycles. The highest BCUT2D eigenvalue weighted by Gasteiger charge is 2.24. The molecule has 1 fully saturated rings. The first kappa shape index (κ1) is 25.5. The average molecular weight is 520 g/mol. The van der Waals surface area contributed by atoms with Gasteiger partial charge < -0.3 is 20.3 Å². The minimum absolute atomic E-state index is 0.212. The van der Waals surface area contributed by atoms with E-state index in [4.69, 9.17) is 21.3 Å². The van der Waals surface area contributed by atoms with Crippen molar-refractivity contribution in [3.05, 3.63) is 59.1 Å². The largest absolute Gasteiger partial charge is 0.462 e. The standard InChI is InChI=1S/C29H34ClN5O2/c1-4-27(36)31-10-11-32-28-24-15-25(30)23(21-9-5-7-19-13-18(2)14-22(19)21)16-26(24)33-29(34-28)37-17-20-8-6-12-35(20)3/h4-5,7,9,15-16,18,20H,1,6,8,10-14,17H2,2-3H3,(H,31,36)(H,32,33,34)/t18?,20-/m0/s1. The van der Waals surface area contributed by atoms with E-state index in [0.29, 0.717) is 48.5 Å². The van der Waals surface area contributed by atoms with E-state index in [2.05, 4.69) is 65.3 Å². The van der Waals surface area contributed by atoms with Gasteiger partial charge in [0.05, 0.1) is 5.52 Å². The van der Waals surface area contributed by atoms with Crippen LogP contribution in [0.1, 0.15) is 30.9 Å². The monoisotopic (exact) mass is 519 g/mol. The lowest BCUT2D eigenvalue weighted by molar-refractivity contribution is -0.116. The van der Waals surface area contributed by atoms with Crippen LogP contribution in [0.3, 0.4) is 0 Å². The van der Waals surface area contributed by atoms with Gasteiger partial charge in [-0.1, -0.05) is 43.3 Å². The van der Waals surface area contributed by atoms with Crippen molar-refractivity contribution in [3.8, 4) is 17.1 Å². The van der Waals surface area contributed by atoms with E-state index in [1.54, 1.807) is 0 Å². The molecule has 2 aliphatic rings. The summed E-state index contributed by atoms with van der Waals surface area (Å²) in [4.78, 5) is 23.3. The number of fused-ring (bicyclic) bond motifs is 2. The zero-order valence-electron chi connectivity index (χ0n) is 21.5. The van der Waals surface area contributed by atoms with Crippen molar-refractivity contribution >= 4 is 34.2 Å². The van der Waals surface area contributed by atoms with Gasteiger partial charge in [-0.05, 0) is 80.1 Å². The van der Waals surface area contributed by atoms with E-state index in [1.807, 2.05) is 6.07 Å². The minimum atomic E-state index is -0.212. The molecular formula is C29H34ClN5O2. The molecule has 2 atom stereocenters. The highest BCUT2D eigenvalue weighted by atomic mass is 35.5. The molecule has 1 unspecified atom stereocenters. The van der Waals surface area contributed by atoms with E-state index in [9.17, 15) is 4.79 Å². The number of likely N-dealkylation sites (N-methyl/N-ethyl adjacent to an activating group) is 1. The van der Waals surface area contributed by atoms with Gasteiger partial charge in [0.2, 0.25) is 5.91 Å². The van der Waals surface area contributed by atoms with E-state index in [-0.39, 0.29) is 5.91 Å². The van der Waals surface area contributed by atoms with Crippen LogP contribution in [0.4, 0.5) is 5.82 Å². The van der Waals surface area contributed by atoms with Crippen molar-refractivity contribution in [2.45, 2.75) is 38.6 Å². The molecule has 0 spiro atoms. The molecule has 1 aliphatic carbocycles. The molecule has 194 valence electrons. The fourth-order valence-electron chi connectivity index (χ4n) is 5.45. The number of amides is 1. The molecule has 1 aromatic heterocycles. The summed E-state index contributed by atoms with van der Waals surface area (Å²) in [5, 5.41) is 7.58. The molecule has 5 rings (SSSR count). The summed E-state index contributed by atoms with van der Waals surface area (Å²) in [6, 6.07) is 11.2. The quantitative estimate of drug-likeness (QED) is 0.310. The molecular weight excluding hydrogens is 486 g/mol. The van der Waals surface area contributed by atoms with E-state index in [1.165, 1.54) is 29.2 Å². The molecule has 2 N–H and O–H groups in total. The fraction of sp³-hybridized carbons (Fsp3) is 0.414. The van der Waals surface area contributed by atoms with Gasteiger partial charge in [0.25, 0.3) is 0 Å². The summed E-state index contributed by atoms with van der Waals surface area (Å²) >= 11 is 6.88. The molecule has 0 bridgehead atoms. The van der Waals surface area contributed by atoms with Crippen molar-refractivity contribution in [2.75, 3.05) is 38.6 Å². The summed E-state index contributed by atoms with van der Waals surface area (Å²) in [7, 11) is 2.13. The second-order valence-electron chi connectivity index (χ2n) is 10.2. The molecule has 1 aliphatic heterocycles. The number of ether oxygens (including phenoxy) is 1. The number of carbonyl (C=O) groups is 1. The number of likely N-dealkylation sites (tertiary alicyclic amines) is 1. The Morgan fingerprint density at radius 3 is 2.89 bits per heavy atom. The van der Waals surface area contributed by atoms with Gasteiger partial charge in [0.1, 0.15) is 12.4 Å². The Hall–Kier alpha value is -3.16. The number of nitrogens with zero attached hydrogens (tertiary/aromatic N) is 3. The molecule has 2 aromatic carbocycles. The zero-order valence-corrected chi connectivity index (χ0v) is 22.3. The first-order valence-electron chi connectivity index (χ1n) is 13.0. The van der Waals surface area contributed by atoms with Crippen LogP contribution >= 0.6 is 11.6 Å². The first-order chi connectivity index (χ1) is 17.9. The first-order valence-corrected chi connectivity index (χ1v) is 13.4. The normalized spacial score (nSPS) is 19.1. The number of anilines is 1. The van der Waals surface area contributed by atoms with Crippen molar-refractivity contribution < 1.29 is 9.53 Å². The molecule has 1 saturated heterocycles. The lowest BCUT2D eigenvalue weighted by Crippen LogP contribution is -2.31. The average Bonchev–Trinajstić information content (AvgIpc) is 3.48. The second-order valence-corrected chi connectivity index (χ2v) is 10.6. The van der Waals surface area contributed by atoms with Gasteiger partial charge in [-0.25, -0.2) is 0 Å². The van der Waals surface area contributed by atoms with Crippen molar-refractivity contribution in [1.29, 1.82) is 0 Å². The molecule has 7 nitrogen and oxygen atoms in total. The summed E-state index contributed by atoms with van der Waals surface area (Å²) in [5.74, 6) is 1.05. The molecule has 8 heteroatoms. The number of aromatic nitrogens is 2. The van der Waals surface area contributed by atoms with E-state index in [0.717, 1.165) is 42.3 Å². The van der Waals surface area contributed by atoms with E-state index < -0.39 is 0 Å². The lowest BCUT2D eigenvalue weighted by Gasteiger charge is -2.19. The number of nitrogens with one attached hydrogen (secondary N) is 2. The maximum atomic E-state index is 11.5. The fourth-order valence-corrected chi connectivity index (χ4v) is 5.71. The summed E-state index contributed by atoms with van der Waals surface area (Å²) in [6.07, 6.45) is 5.69. The van der Waals surface area contributed by atoms with Gasteiger partial charge in [-0.15, -0.1) is 0 Å². The van der Waals surface area contributed by atoms with Gasteiger partial charge in [-0.2, -0.15) is 9.97 Å². The summed E-state index contributed by atoms with van der Waals surface area (Å²) in [6.45, 7) is 8.32. The van der Waals surface area contributed by atoms with Gasteiger partial charge in [0.15, 0.2) is 0 Å². The van der Waals surface area contributed by atoms with Crippen LogP contribution in [-0.2, 0) is 17.6 Å². The highest BCUT2D eigenvalue weighted by molar-refractivity contribution is 6.34. The number of rotatable bonds is 9. The minimum Gasteiger partial charge on any atom is -0.462 e. The second kappa shape index (κ2) is 11.1. The predicted octanol–water partition coefficient (Wildman–Crippen LogP) is 4.87. The Bertz CT molecular complexity index is 1330. The van der Waals surface area contributed by atoms with Crippen LogP contribution in [0.5, 0.6) is 6.01 Å². The van der Waals surface area contributed by atoms with Crippen LogP contribution < -0.4 is 15.4 Å². The van der Waals surface area contributed by atoms with Gasteiger partial charge in [-0.3, -0.25) is 4.79 Å². The summed E-state index contributed by atoms with van der Waals surface area (Å²) in [5.41, 5.74) is 5.69. The third kappa shape index (κ3) is 5.58. The van der Waals surface area contributed by atoms with Gasteiger partial charge >= 0.3 is 6.01 Å². The van der Waals surface area contributed by atoms with Gasteiger partial charge in [0, 0.05) is 35.1 Å². The van der Waals surface area contributed by atoms with Crippen LogP contribution in [0, 0.1) is 5.92 Å². The Labute approximate surface area is 223 Å². The molecule has 0 saturated carbocycles. The number of benzene rings is 2. The maximum absolute atomic E-state index is 11.5. The molecule has 0 radical (unpaired) electrons. The van der Waals surface area contributed by atoms with Crippen molar-refractivity contribution in [1.82, 2.24) is 20.2 Å². The molecule has 3 aromatic rings. The maximum Gasteiger partial charge on any atom is 0.318 e. The Kier molecular flexibility index (Phi) is 7.63. The summed E-state index contributed by atoms with van der Waals surface area (Å²) < 4.78 is 6.12. The molecule has 37 heavy (non-hydrogen) atoms. The van der Waals surface area contributed by atoms with Crippen molar-refractivity contribution in [3.63, 3.8) is 0 Å². The van der Waals surface area contributed by atoms with E-state index >= 15 is 0 Å². The van der Waals surface area contributed by atoms with Crippen LogP contribution in [0.2, 0.25) is 5.02 Å². The number of hydrogen-bond donors (Lipinski definition) is 2. The topological polar surface area (TPSA) is 79.4 Å². The van der Waals surface area contributed by atoms with Crippen LogP contribution in [0.15, 0.2) is 43.0 Å². The van der Waals surface area contributed by atoms with Crippen LogP contribution in [-0.4, -0.2) is 60.1 Å². The highest BCUT2D eigenvalue weighted by Crippen LogP contribution is 2.40. The number of halogens is 1. The third-order valence-corrected chi connectivity index (χ3v) is 7.74.